The van der Waals surface area contributed by atoms with Crippen LogP contribution in [-0.4, -0.2) is 30.3 Å². The molecule has 2 N–H and O–H groups in total. The van der Waals surface area contributed by atoms with Crippen molar-refractivity contribution >= 4 is 11.9 Å². The molecule has 0 saturated carbocycles. The van der Waals surface area contributed by atoms with Gasteiger partial charge >= 0.3 is 12.1 Å². The number of nitrogens with one attached hydrogen (secondary N) is 2. The van der Waals surface area contributed by atoms with Crippen LogP contribution in [0.3, 0.4) is 0 Å². The Morgan fingerprint density at radius 2 is 1.77 bits per heavy atom. The number of ether oxygens (including phenoxy) is 1. The van der Waals surface area contributed by atoms with Gasteiger partial charge in [0.25, 0.3) is 5.66 Å². The van der Waals surface area contributed by atoms with E-state index in [1.807, 2.05) is 0 Å². The predicted octanol–water partition coefficient (Wildman–Crippen LogP) is 1.73. The highest BCUT2D eigenvalue weighted by atomic mass is 19.4. The second-order valence-corrected chi connectivity index (χ2v) is 4.49. The molecule has 0 radical (unpaired) electrons. The molecular formula is C14H17F3N2O3. The fraction of sp³-hybridized carbons (Fsp3) is 0.429. The summed E-state index contributed by atoms with van der Waals surface area (Å²) in [6.07, 6.45) is -5.07. The van der Waals surface area contributed by atoms with Crippen LogP contribution in [0.5, 0.6) is 0 Å². The van der Waals surface area contributed by atoms with Crippen LogP contribution in [-0.2, 0) is 20.9 Å². The van der Waals surface area contributed by atoms with Crippen LogP contribution in [0.15, 0.2) is 30.3 Å². The average molecular weight is 318 g/mol. The zero-order valence-electron chi connectivity index (χ0n) is 12.2. The number of esters is 1. The molecule has 0 aliphatic heterocycles. The second kappa shape index (κ2) is 7.26. The number of halogens is 3. The maximum Gasteiger partial charge on any atom is 0.436 e. The number of rotatable bonds is 6. The average Bonchev–Trinajstić information content (AvgIpc) is 2.43. The van der Waals surface area contributed by atoms with Crippen molar-refractivity contribution < 1.29 is 27.5 Å². The molecule has 1 amide bonds. The van der Waals surface area contributed by atoms with E-state index in [0.29, 0.717) is 5.56 Å². The number of alkyl halides is 3. The van der Waals surface area contributed by atoms with Crippen molar-refractivity contribution in [2.24, 2.45) is 0 Å². The van der Waals surface area contributed by atoms with Gasteiger partial charge in [-0.25, -0.2) is 4.79 Å². The molecule has 1 aromatic rings. The minimum absolute atomic E-state index is 0.247. The van der Waals surface area contributed by atoms with Gasteiger partial charge < -0.3 is 10.1 Å². The third-order valence-corrected chi connectivity index (χ3v) is 2.77. The molecule has 0 unspecified atom stereocenters. The van der Waals surface area contributed by atoms with Crippen LogP contribution in [0.1, 0.15) is 19.4 Å². The lowest BCUT2D eigenvalue weighted by Crippen LogP contribution is -2.72. The molecule has 0 heterocycles. The SMILES string of the molecule is CCOC(=O)[C@](NCc1ccccc1)(NC(C)=O)C(F)(F)F. The van der Waals surface area contributed by atoms with E-state index < -0.39 is 23.7 Å². The van der Waals surface area contributed by atoms with Crippen LogP contribution in [0.4, 0.5) is 13.2 Å². The van der Waals surface area contributed by atoms with Gasteiger partial charge in [-0.3, -0.25) is 10.1 Å². The van der Waals surface area contributed by atoms with Gasteiger partial charge in [-0.15, -0.1) is 0 Å². The summed E-state index contributed by atoms with van der Waals surface area (Å²) < 4.78 is 44.8. The maximum atomic E-state index is 13.4. The van der Waals surface area contributed by atoms with Gasteiger partial charge in [-0.1, -0.05) is 30.3 Å². The van der Waals surface area contributed by atoms with E-state index >= 15 is 0 Å². The summed E-state index contributed by atoms with van der Waals surface area (Å²) in [5.41, 5.74) is -2.77. The summed E-state index contributed by atoms with van der Waals surface area (Å²) in [5, 5.41) is 3.71. The van der Waals surface area contributed by atoms with Gasteiger partial charge in [0.1, 0.15) is 0 Å². The lowest BCUT2D eigenvalue weighted by atomic mass is 10.1. The van der Waals surface area contributed by atoms with E-state index in [9.17, 15) is 22.8 Å². The maximum absolute atomic E-state index is 13.4. The minimum Gasteiger partial charge on any atom is -0.463 e. The lowest BCUT2D eigenvalue weighted by molar-refractivity contribution is -0.221. The van der Waals surface area contributed by atoms with E-state index in [2.05, 4.69) is 10.1 Å². The van der Waals surface area contributed by atoms with Gasteiger partial charge in [0.2, 0.25) is 5.91 Å². The molecule has 8 heteroatoms. The predicted molar refractivity (Wildman–Crippen MR) is 72.5 cm³/mol. The third-order valence-electron chi connectivity index (χ3n) is 2.77. The summed E-state index contributed by atoms with van der Waals surface area (Å²) in [6.45, 7) is 1.75. The quantitative estimate of drug-likeness (QED) is 0.619. The molecule has 0 aliphatic carbocycles. The lowest BCUT2D eigenvalue weighted by Gasteiger charge is -2.34. The van der Waals surface area contributed by atoms with Crippen LogP contribution >= 0.6 is 0 Å². The largest absolute Gasteiger partial charge is 0.463 e. The Bertz CT molecular complexity index is 520. The van der Waals surface area contributed by atoms with Crippen molar-refractivity contribution in [2.45, 2.75) is 32.2 Å². The van der Waals surface area contributed by atoms with E-state index in [1.165, 1.54) is 6.92 Å². The van der Waals surface area contributed by atoms with E-state index in [4.69, 9.17) is 0 Å². The molecule has 1 aromatic carbocycles. The van der Waals surface area contributed by atoms with Gasteiger partial charge in [-0.05, 0) is 12.5 Å². The molecule has 5 nitrogen and oxygen atoms in total. The Morgan fingerprint density at radius 3 is 2.23 bits per heavy atom. The Labute approximate surface area is 125 Å². The minimum atomic E-state index is -5.07. The smallest absolute Gasteiger partial charge is 0.436 e. The van der Waals surface area contributed by atoms with Crippen molar-refractivity contribution in [1.82, 2.24) is 10.6 Å². The highest BCUT2D eigenvalue weighted by Gasteiger charge is 2.62. The first-order chi connectivity index (χ1) is 10.2. The summed E-state index contributed by atoms with van der Waals surface area (Å²) in [4.78, 5) is 23.0. The highest BCUT2D eigenvalue weighted by Crippen LogP contribution is 2.30. The van der Waals surface area contributed by atoms with Crippen molar-refractivity contribution in [3.63, 3.8) is 0 Å². The molecule has 0 aliphatic rings. The van der Waals surface area contributed by atoms with Gasteiger partial charge in [-0.2, -0.15) is 13.2 Å². The van der Waals surface area contributed by atoms with E-state index in [-0.39, 0.29) is 13.2 Å². The number of carbonyl (C=O) groups is 2. The van der Waals surface area contributed by atoms with Crippen LogP contribution in [0.25, 0.3) is 0 Å². The Kier molecular flexibility index (Phi) is 5.92. The van der Waals surface area contributed by atoms with Crippen molar-refractivity contribution in [3.8, 4) is 0 Å². The van der Waals surface area contributed by atoms with Gasteiger partial charge in [0.15, 0.2) is 0 Å². The first-order valence-electron chi connectivity index (χ1n) is 6.54. The first kappa shape index (κ1) is 18.0. The van der Waals surface area contributed by atoms with Crippen LogP contribution in [0.2, 0.25) is 0 Å². The number of benzene rings is 1. The zero-order valence-corrected chi connectivity index (χ0v) is 12.2. The van der Waals surface area contributed by atoms with Gasteiger partial charge in [0.05, 0.1) is 6.61 Å². The van der Waals surface area contributed by atoms with E-state index in [1.54, 1.807) is 35.6 Å². The molecule has 0 fully saturated rings. The topological polar surface area (TPSA) is 67.4 Å². The number of amides is 1. The highest BCUT2D eigenvalue weighted by molar-refractivity contribution is 5.87. The molecular weight excluding hydrogens is 301 g/mol. The number of carbonyl (C=O) groups excluding carboxylic acids is 2. The molecule has 0 spiro atoms. The normalized spacial score (nSPS) is 14.0. The van der Waals surface area contributed by atoms with Crippen molar-refractivity contribution in [2.75, 3.05) is 6.61 Å². The van der Waals surface area contributed by atoms with Crippen molar-refractivity contribution in [1.29, 1.82) is 0 Å². The summed E-state index contributed by atoms with van der Waals surface area (Å²) >= 11 is 0. The van der Waals surface area contributed by atoms with Crippen LogP contribution < -0.4 is 10.6 Å². The third kappa shape index (κ3) is 4.20. The fourth-order valence-electron chi connectivity index (χ4n) is 1.79. The molecule has 0 bridgehead atoms. The van der Waals surface area contributed by atoms with E-state index in [0.717, 1.165) is 6.92 Å². The molecule has 1 atom stereocenters. The summed E-state index contributed by atoms with van der Waals surface area (Å²) in [5.74, 6) is -2.61. The number of hydrogen-bond acceptors (Lipinski definition) is 4. The molecule has 0 saturated heterocycles. The molecule has 22 heavy (non-hydrogen) atoms. The second-order valence-electron chi connectivity index (χ2n) is 4.49. The molecule has 1 rings (SSSR count). The molecule has 122 valence electrons. The van der Waals surface area contributed by atoms with Crippen LogP contribution in [0, 0.1) is 0 Å². The summed E-state index contributed by atoms with van der Waals surface area (Å²) in [7, 11) is 0. The standard InChI is InChI=1S/C14H17F3N2O3/c1-3-22-12(21)13(14(15,16)17,19-10(2)20)18-9-11-7-5-4-6-8-11/h4-8,18H,3,9H2,1-2H3,(H,19,20)/t13-/m0/s1. The summed E-state index contributed by atoms with van der Waals surface area (Å²) in [6, 6.07) is 8.18. The monoisotopic (exact) mass is 318 g/mol. The Morgan fingerprint density at radius 1 is 1.18 bits per heavy atom. The van der Waals surface area contributed by atoms with Crippen molar-refractivity contribution in [3.05, 3.63) is 35.9 Å². The Hall–Kier alpha value is -2.09. The van der Waals surface area contributed by atoms with Gasteiger partial charge in [0, 0.05) is 13.5 Å². The first-order valence-corrected chi connectivity index (χ1v) is 6.54. The number of hydrogen-bond donors (Lipinski definition) is 2. The fourth-order valence-corrected chi connectivity index (χ4v) is 1.79. The molecule has 0 aromatic heterocycles. The zero-order chi connectivity index (χ0) is 16.8. The Balaban J connectivity index is 3.11.